The second kappa shape index (κ2) is 7.63. The number of methoxy groups -OCH3 is 1. The molecule has 1 atom stereocenters. The van der Waals surface area contributed by atoms with Crippen molar-refractivity contribution in [2.75, 3.05) is 26.7 Å². The van der Waals surface area contributed by atoms with Crippen LogP contribution in [0.3, 0.4) is 0 Å². The maximum Gasteiger partial charge on any atom is 0.322 e. The van der Waals surface area contributed by atoms with Gasteiger partial charge in [0.15, 0.2) is 0 Å². The van der Waals surface area contributed by atoms with E-state index in [1.54, 1.807) is 0 Å². The highest BCUT2D eigenvalue weighted by Gasteiger charge is 2.13. The van der Waals surface area contributed by atoms with Gasteiger partial charge in [0.2, 0.25) is 0 Å². The summed E-state index contributed by atoms with van der Waals surface area (Å²) in [5, 5.41) is 0. The highest BCUT2D eigenvalue weighted by atomic mass is 16.5. The molecule has 0 aromatic carbocycles. The molecule has 0 saturated carbocycles. The van der Waals surface area contributed by atoms with E-state index in [2.05, 4.69) is 9.64 Å². The van der Waals surface area contributed by atoms with Crippen LogP contribution < -0.4 is 5.73 Å². The molecule has 1 unspecified atom stereocenters. The van der Waals surface area contributed by atoms with Crippen LogP contribution in [-0.2, 0) is 9.53 Å². The van der Waals surface area contributed by atoms with E-state index in [9.17, 15) is 4.79 Å². The molecule has 0 aliphatic carbocycles. The minimum absolute atomic E-state index is 0.294. The second-order valence-corrected chi connectivity index (χ2v) is 4.53. The first kappa shape index (κ1) is 13.5. The smallest absolute Gasteiger partial charge is 0.322 e. The normalized spacial score (nSPS) is 19.4. The van der Waals surface area contributed by atoms with Crippen molar-refractivity contribution in [1.29, 1.82) is 0 Å². The van der Waals surface area contributed by atoms with Gasteiger partial charge in [-0.05, 0) is 45.3 Å². The molecule has 0 amide bonds. The van der Waals surface area contributed by atoms with Gasteiger partial charge >= 0.3 is 5.97 Å². The van der Waals surface area contributed by atoms with E-state index in [0.717, 1.165) is 25.8 Å². The number of nitrogens with zero attached hydrogens (tertiary/aromatic N) is 1. The Balaban J connectivity index is 2.00. The maximum atomic E-state index is 11.1. The third-order valence-corrected chi connectivity index (χ3v) is 3.19. The Morgan fingerprint density at radius 1 is 1.31 bits per heavy atom. The summed E-state index contributed by atoms with van der Waals surface area (Å²) in [7, 11) is 1.38. The SMILES string of the molecule is COC(=O)C(N)CCCCN1CCCCC1. The van der Waals surface area contributed by atoms with Gasteiger partial charge in [0.1, 0.15) is 6.04 Å². The summed E-state index contributed by atoms with van der Waals surface area (Å²) in [5.74, 6) is -0.294. The predicted molar refractivity (Wildman–Crippen MR) is 64.1 cm³/mol. The Labute approximate surface area is 98.1 Å². The van der Waals surface area contributed by atoms with Crippen molar-refractivity contribution in [3.63, 3.8) is 0 Å². The third-order valence-electron chi connectivity index (χ3n) is 3.19. The fraction of sp³-hybridized carbons (Fsp3) is 0.917. The Morgan fingerprint density at radius 2 is 2.00 bits per heavy atom. The lowest BCUT2D eigenvalue weighted by molar-refractivity contribution is -0.142. The molecule has 2 N–H and O–H groups in total. The molecule has 94 valence electrons. The van der Waals surface area contributed by atoms with Gasteiger partial charge in [-0.3, -0.25) is 4.79 Å². The topological polar surface area (TPSA) is 55.6 Å². The molecule has 1 aliphatic rings. The van der Waals surface area contributed by atoms with Crippen molar-refractivity contribution in [2.45, 2.75) is 44.6 Å². The predicted octanol–water partition coefficient (Wildman–Crippen LogP) is 1.14. The van der Waals surface area contributed by atoms with Crippen molar-refractivity contribution < 1.29 is 9.53 Å². The average molecular weight is 228 g/mol. The molecule has 0 aromatic heterocycles. The molecule has 1 rings (SSSR count). The molecule has 0 radical (unpaired) electrons. The number of nitrogens with two attached hydrogens (primary N) is 1. The van der Waals surface area contributed by atoms with E-state index in [1.807, 2.05) is 0 Å². The lowest BCUT2D eigenvalue weighted by Crippen LogP contribution is -2.32. The monoisotopic (exact) mass is 228 g/mol. The van der Waals surface area contributed by atoms with Gasteiger partial charge in [0.25, 0.3) is 0 Å². The number of likely N-dealkylation sites (tertiary alicyclic amines) is 1. The standard InChI is InChI=1S/C12H24N2O2/c1-16-12(15)11(13)7-3-6-10-14-8-4-2-5-9-14/h11H,2-10,13H2,1H3. The number of piperidine rings is 1. The number of ether oxygens (including phenoxy) is 1. The van der Waals surface area contributed by atoms with E-state index in [1.165, 1.54) is 39.5 Å². The maximum absolute atomic E-state index is 11.1. The summed E-state index contributed by atoms with van der Waals surface area (Å²) in [4.78, 5) is 13.6. The summed E-state index contributed by atoms with van der Waals surface area (Å²) in [6, 6.07) is -0.439. The Kier molecular flexibility index (Phi) is 6.42. The third kappa shape index (κ3) is 4.94. The fourth-order valence-corrected chi connectivity index (χ4v) is 2.15. The van der Waals surface area contributed by atoms with E-state index in [-0.39, 0.29) is 5.97 Å². The van der Waals surface area contributed by atoms with E-state index >= 15 is 0 Å². The molecule has 1 fully saturated rings. The van der Waals surface area contributed by atoms with E-state index in [0.29, 0.717) is 0 Å². The molecular weight excluding hydrogens is 204 g/mol. The van der Waals surface area contributed by atoms with Gasteiger partial charge < -0.3 is 15.4 Å². The average Bonchev–Trinajstić information content (AvgIpc) is 2.34. The summed E-state index contributed by atoms with van der Waals surface area (Å²) >= 11 is 0. The molecule has 16 heavy (non-hydrogen) atoms. The van der Waals surface area contributed by atoms with Gasteiger partial charge in [-0.2, -0.15) is 0 Å². The van der Waals surface area contributed by atoms with Gasteiger partial charge in [-0.15, -0.1) is 0 Å². The lowest BCUT2D eigenvalue weighted by atomic mass is 10.1. The largest absolute Gasteiger partial charge is 0.468 e. The van der Waals surface area contributed by atoms with Crippen molar-refractivity contribution in [1.82, 2.24) is 4.90 Å². The first-order valence-electron chi connectivity index (χ1n) is 6.30. The molecule has 1 heterocycles. The first-order valence-corrected chi connectivity index (χ1v) is 6.30. The lowest BCUT2D eigenvalue weighted by Gasteiger charge is -2.26. The summed E-state index contributed by atoms with van der Waals surface area (Å²) < 4.78 is 4.58. The van der Waals surface area contributed by atoms with Crippen LogP contribution in [0, 0.1) is 0 Å². The minimum Gasteiger partial charge on any atom is -0.468 e. The van der Waals surface area contributed by atoms with Gasteiger partial charge in [-0.1, -0.05) is 12.8 Å². The quantitative estimate of drug-likeness (QED) is 0.547. The summed E-state index contributed by atoms with van der Waals surface area (Å²) in [6.07, 6.45) is 6.92. The number of hydrogen-bond donors (Lipinski definition) is 1. The van der Waals surface area contributed by atoms with Crippen LogP contribution >= 0.6 is 0 Å². The van der Waals surface area contributed by atoms with Crippen LogP contribution in [0.5, 0.6) is 0 Å². The minimum atomic E-state index is -0.439. The van der Waals surface area contributed by atoms with E-state index < -0.39 is 6.04 Å². The van der Waals surface area contributed by atoms with Crippen molar-refractivity contribution in [3.8, 4) is 0 Å². The molecule has 4 heteroatoms. The molecule has 1 aliphatic heterocycles. The second-order valence-electron chi connectivity index (χ2n) is 4.53. The zero-order valence-electron chi connectivity index (χ0n) is 10.3. The summed E-state index contributed by atoms with van der Waals surface area (Å²) in [5.41, 5.74) is 5.66. The van der Waals surface area contributed by atoms with Crippen LogP contribution in [0.15, 0.2) is 0 Å². The number of unbranched alkanes of at least 4 members (excludes halogenated alkanes) is 1. The Morgan fingerprint density at radius 3 is 2.62 bits per heavy atom. The number of esters is 1. The molecule has 0 aromatic rings. The molecule has 1 saturated heterocycles. The Hall–Kier alpha value is -0.610. The van der Waals surface area contributed by atoms with Crippen molar-refractivity contribution in [3.05, 3.63) is 0 Å². The fourth-order valence-electron chi connectivity index (χ4n) is 2.15. The molecule has 4 nitrogen and oxygen atoms in total. The van der Waals surface area contributed by atoms with Gasteiger partial charge in [0.05, 0.1) is 7.11 Å². The molecule has 0 spiro atoms. The number of hydrogen-bond acceptors (Lipinski definition) is 4. The van der Waals surface area contributed by atoms with Crippen LogP contribution in [0.25, 0.3) is 0 Å². The summed E-state index contributed by atoms with van der Waals surface area (Å²) in [6.45, 7) is 3.63. The highest BCUT2D eigenvalue weighted by molar-refractivity contribution is 5.75. The number of carbonyl (C=O) groups is 1. The van der Waals surface area contributed by atoms with Crippen molar-refractivity contribution >= 4 is 5.97 Å². The van der Waals surface area contributed by atoms with Crippen LogP contribution in [0.2, 0.25) is 0 Å². The zero-order chi connectivity index (χ0) is 11.8. The van der Waals surface area contributed by atoms with Gasteiger partial charge in [-0.25, -0.2) is 0 Å². The van der Waals surface area contributed by atoms with Crippen molar-refractivity contribution in [2.24, 2.45) is 5.73 Å². The molecular formula is C12H24N2O2. The Bertz CT molecular complexity index is 203. The van der Waals surface area contributed by atoms with Crippen LogP contribution in [0.4, 0.5) is 0 Å². The number of carbonyl (C=O) groups excluding carboxylic acids is 1. The first-order chi connectivity index (χ1) is 7.74. The molecule has 0 bridgehead atoms. The van der Waals surface area contributed by atoms with Crippen LogP contribution in [-0.4, -0.2) is 43.7 Å². The number of rotatable bonds is 6. The van der Waals surface area contributed by atoms with Gasteiger partial charge in [0, 0.05) is 0 Å². The highest BCUT2D eigenvalue weighted by Crippen LogP contribution is 2.10. The van der Waals surface area contributed by atoms with Crippen LogP contribution in [0.1, 0.15) is 38.5 Å². The van der Waals surface area contributed by atoms with E-state index in [4.69, 9.17) is 5.73 Å². The zero-order valence-corrected chi connectivity index (χ0v) is 10.3.